The van der Waals surface area contributed by atoms with Gasteiger partial charge in [-0.1, -0.05) is 6.07 Å². The van der Waals surface area contributed by atoms with Gasteiger partial charge in [0.25, 0.3) is 0 Å². The van der Waals surface area contributed by atoms with Crippen LogP contribution in [0.1, 0.15) is 56.2 Å². The quantitative estimate of drug-likeness (QED) is 0.515. The number of ether oxygens (including phenoxy) is 2. The first-order chi connectivity index (χ1) is 14.5. The molecule has 3 rings (SSSR count). The lowest BCUT2D eigenvalue weighted by Gasteiger charge is -2.36. The fraction of sp³-hybridized carbons (Fsp3) is 0.545. The Kier molecular flexibility index (Phi) is 7.50. The third kappa shape index (κ3) is 5.69. The summed E-state index contributed by atoms with van der Waals surface area (Å²) in [6.45, 7) is 5.53. The number of rotatable bonds is 5. The molecule has 1 fully saturated rings. The van der Waals surface area contributed by atoms with Crippen molar-refractivity contribution in [2.24, 2.45) is 0 Å². The molecule has 0 aromatic carbocycles. The van der Waals surface area contributed by atoms with Crippen LogP contribution >= 0.6 is 38.6 Å². The number of hydrogen-bond acceptors (Lipinski definition) is 7. The monoisotopic (exact) mass is 529 g/mol. The molecular weight excluding hydrogens is 502 g/mol. The van der Waals surface area contributed by atoms with Gasteiger partial charge in [0, 0.05) is 13.1 Å². The second-order valence-corrected chi connectivity index (χ2v) is 12.1. The van der Waals surface area contributed by atoms with Gasteiger partial charge in [0.1, 0.15) is 11.7 Å². The van der Waals surface area contributed by atoms with Crippen LogP contribution in [0.25, 0.3) is 0 Å². The minimum atomic E-state index is -1.82. The number of halogens is 1. The Hall–Kier alpha value is -1.42. The third-order valence-corrected chi connectivity index (χ3v) is 7.96. The Balaban J connectivity index is 1.64. The molecule has 1 aliphatic rings. The molecule has 0 radical (unpaired) electrons. The van der Waals surface area contributed by atoms with Crippen LogP contribution in [0.4, 0.5) is 4.79 Å². The molecule has 0 bridgehead atoms. The summed E-state index contributed by atoms with van der Waals surface area (Å²) in [6.07, 6.45) is 2.01. The Morgan fingerprint density at radius 1 is 1.13 bits per heavy atom. The molecule has 0 spiro atoms. The predicted molar refractivity (Wildman–Crippen MR) is 125 cm³/mol. The zero-order valence-electron chi connectivity index (χ0n) is 18.1. The molecule has 0 aliphatic heterocycles. The first-order valence-electron chi connectivity index (χ1n) is 10.2. The standard InChI is InChI=1S/C22H28BrNO5S2/c1-21(2,3)29-20(26)24(4)14-7-9-15(10-8-14)28-19(25)22(27,16-6-5-13-30-16)17-11-12-18(23)31-17/h5-6,11-15,27H,7-10H2,1-4H3/t14-,15-,22-/m0/s1. The maximum Gasteiger partial charge on any atom is 0.410 e. The van der Waals surface area contributed by atoms with Crippen molar-refractivity contribution in [3.63, 3.8) is 0 Å². The highest BCUT2D eigenvalue weighted by Gasteiger charge is 2.45. The summed E-state index contributed by atoms with van der Waals surface area (Å²) in [6, 6.07) is 7.13. The smallest absolute Gasteiger partial charge is 0.410 e. The maximum atomic E-state index is 13.2. The molecule has 2 aromatic heterocycles. The molecule has 1 amide bonds. The summed E-state index contributed by atoms with van der Waals surface area (Å²) in [5, 5.41) is 13.3. The number of carbonyl (C=O) groups is 2. The van der Waals surface area contributed by atoms with Crippen molar-refractivity contribution in [1.82, 2.24) is 4.90 Å². The average molecular weight is 531 g/mol. The molecule has 2 aromatic rings. The molecule has 2 heterocycles. The van der Waals surface area contributed by atoms with Crippen molar-refractivity contribution in [1.29, 1.82) is 0 Å². The van der Waals surface area contributed by atoms with Gasteiger partial charge in [0.15, 0.2) is 0 Å². The van der Waals surface area contributed by atoms with E-state index in [1.807, 2.05) is 32.2 Å². The van der Waals surface area contributed by atoms with Crippen LogP contribution in [0.3, 0.4) is 0 Å². The SMILES string of the molecule is CN(C(=O)OC(C)(C)C)[C@H]1CC[C@H](OC(=O)[C@](O)(c2cccs2)c2ccc(Br)s2)CC1. The zero-order valence-corrected chi connectivity index (χ0v) is 21.3. The van der Waals surface area contributed by atoms with E-state index >= 15 is 0 Å². The molecule has 31 heavy (non-hydrogen) atoms. The van der Waals surface area contributed by atoms with Crippen molar-refractivity contribution in [3.05, 3.63) is 43.2 Å². The fourth-order valence-corrected chi connectivity index (χ4v) is 5.95. The van der Waals surface area contributed by atoms with Gasteiger partial charge in [-0.3, -0.25) is 0 Å². The number of aliphatic hydroxyl groups is 1. The molecule has 1 aliphatic carbocycles. The Bertz CT molecular complexity index is 899. The molecule has 170 valence electrons. The maximum absolute atomic E-state index is 13.2. The van der Waals surface area contributed by atoms with Gasteiger partial charge in [-0.05, 0) is 86.0 Å². The summed E-state index contributed by atoms with van der Waals surface area (Å²) in [4.78, 5) is 28.2. The molecule has 9 heteroatoms. The van der Waals surface area contributed by atoms with Gasteiger partial charge in [-0.2, -0.15) is 0 Å². The van der Waals surface area contributed by atoms with Crippen LogP contribution in [0.15, 0.2) is 33.4 Å². The average Bonchev–Trinajstić information content (AvgIpc) is 3.38. The van der Waals surface area contributed by atoms with E-state index in [-0.39, 0.29) is 18.2 Å². The van der Waals surface area contributed by atoms with E-state index in [0.717, 1.165) is 3.79 Å². The molecule has 1 saturated carbocycles. The number of hydrogen-bond donors (Lipinski definition) is 1. The van der Waals surface area contributed by atoms with Gasteiger partial charge < -0.3 is 19.5 Å². The first kappa shape index (κ1) is 24.2. The lowest BCUT2D eigenvalue weighted by atomic mass is 9.91. The number of carbonyl (C=O) groups excluding carboxylic acids is 2. The Morgan fingerprint density at radius 3 is 2.32 bits per heavy atom. The first-order valence-corrected chi connectivity index (χ1v) is 12.7. The second-order valence-electron chi connectivity index (χ2n) is 8.72. The van der Waals surface area contributed by atoms with Gasteiger partial charge in [0.05, 0.1) is 13.5 Å². The number of amides is 1. The molecular formula is C22H28BrNO5S2. The van der Waals surface area contributed by atoms with Gasteiger partial charge in [-0.15, -0.1) is 22.7 Å². The van der Waals surface area contributed by atoms with Crippen LogP contribution in [-0.2, 0) is 19.9 Å². The number of nitrogens with zero attached hydrogens (tertiary/aromatic N) is 1. The topological polar surface area (TPSA) is 76.1 Å². The normalized spacial score (nSPS) is 21.2. The number of esters is 1. The van der Waals surface area contributed by atoms with Crippen LogP contribution in [-0.4, -0.2) is 46.9 Å². The largest absolute Gasteiger partial charge is 0.460 e. The molecule has 1 N–H and O–H groups in total. The predicted octanol–water partition coefficient (Wildman–Crippen LogP) is 5.53. The van der Waals surface area contributed by atoms with E-state index in [0.29, 0.717) is 35.4 Å². The molecule has 0 unspecified atom stereocenters. The lowest BCUT2D eigenvalue weighted by molar-refractivity contribution is -0.169. The van der Waals surface area contributed by atoms with Crippen LogP contribution < -0.4 is 0 Å². The van der Waals surface area contributed by atoms with Crippen molar-refractivity contribution < 1.29 is 24.2 Å². The van der Waals surface area contributed by atoms with Gasteiger partial charge in [0.2, 0.25) is 5.60 Å². The van der Waals surface area contributed by atoms with E-state index in [2.05, 4.69) is 15.9 Å². The Morgan fingerprint density at radius 2 is 1.81 bits per heavy atom. The van der Waals surface area contributed by atoms with E-state index in [1.165, 1.54) is 22.7 Å². The summed E-state index contributed by atoms with van der Waals surface area (Å²) in [7, 11) is 1.75. The van der Waals surface area contributed by atoms with Gasteiger partial charge in [-0.25, -0.2) is 9.59 Å². The minimum Gasteiger partial charge on any atom is -0.460 e. The van der Waals surface area contributed by atoms with E-state index in [1.54, 1.807) is 30.1 Å². The van der Waals surface area contributed by atoms with Gasteiger partial charge >= 0.3 is 12.1 Å². The van der Waals surface area contributed by atoms with Crippen molar-refractivity contribution in [2.45, 2.75) is 69.8 Å². The van der Waals surface area contributed by atoms with Crippen LogP contribution in [0.5, 0.6) is 0 Å². The van der Waals surface area contributed by atoms with Crippen molar-refractivity contribution in [2.75, 3.05) is 7.05 Å². The summed E-state index contributed by atoms with van der Waals surface area (Å²) in [5.74, 6) is -0.659. The zero-order chi connectivity index (χ0) is 22.8. The lowest BCUT2D eigenvalue weighted by Crippen LogP contribution is -2.44. The van der Waals surface area contributed by atoms with Crippen molar-refractivity contribution >= 4 is 50.7 Å². The van der Waals surface area contributed by atoms with Crippen LogP contribution in [0, 0.1) is 0 Å². The number of thiophene rings is 2. The Labute approximate surface area is 199 Å². The summed E-state index contributed by atoms with van der Waals surface area (Å²) in [5.41, 5.74) is -2.36. The third-order valence-electron chi connectivity index (χ3n) is 5.25. The fourth-order valence-electron chi connectivity index (χ4n) is 3.59. The minimum absolute atomic E-state index is 0.0363. The summed E-state index contributed by atoms with van der Waals surface area (Å²) < 4.78 is 12.1. The van der Waals surface area contributed by atoms with Crippen LogP contribution in [0.2, 0.25) is 0 Å². The molecule has 6 nitrogen and oxygen atoms in total. The second kappa shape index (κ2) is 9.60. The highest BCUT2D eigenvalue weighted by atomic mass is 79.9. The van der Waals surface area contributed by atoms with E-state index in [9.17, 15) is 14.7 Å². The highest BCUT2D eigenvalue weighted by Crippen LogP contribution is 2.40. The molecule has 1 atom stereocenters. The van der Waals surface area contributed by atoms with E-state index in [4.69, 9.17) is 9.47 Å². The molecule has 0 saturated heterocycles. The highest BCUT2D eigenvalue weighted by molar-refractivity contribution is 9.11. The van der Waals surface area contributed by atoms with E-state index < -0.39 is 17.2 Å². The van der Waals surface area contributed by atoms with Crippen molar-refractivity contribution in [3.8, 4) is 0 Å². The summed E-state index contributed by atoms with van der Waals surface area (Å²) >= 11 is 6.03.